The van der Waals surface area contributed by atoms with Crippen LogP contribution in [0.4, 0.5) is 8.78 Å². The second-order valence-corrected chi connectivity index (χ2v) is 7.45. The summed E-state index contributed by atoms with van der Waals surface area (Å²) in [7, 11) is 0. The third-order valence-corrected chi connectivity index (χ3v) is 5.08. The summed E-state index contributed by atoms with van der Waals surface area (Å²) in [6.07, 6.45) is 1.89. The minimum absolute atomic E-state index is 0.160. The van der Waals surface area contributed by atoms with Gasteiger partial charge < -0.3 is 4.98 Å². The van der Waals surface area contributed by atoms with Crippen LogP contribution >= 0.6 is 0 Å². The highest BCUT2D eigenvalue weighted by Gasteiger charge is 2.27. The molecule has 0 aromatic carbocycles. The van der Waals surface area contributed by atoms with Gasteiger partial charge in [0.05, 0.1) is 34.0 Å². The first kappa shape index (κ1) is 18.9. The van der Waals surface area contributed by atoms with Crippen LogP contribution in [-0.2, 0) is 5.41 Å². The Kier molecular flexibility index (Phi) is 4.70. The van der Waals surface area contributed by atoms with Crippen LogP contribution in [0.2, 0.25) is 0 Å². The molecule has 0 saturated heterocycles. The predicted octanol–water partition coefficient (Wildman–Crippen LogP) is 5.45. The van der Waals surface area contributed by atoms with Crippen LogP contribution in [0, 0.1) is 18.8 Å². The molecule has 6 heteroatoms. The standard InChI is InChI=1S/C23H20F2N4/c1-14-12-13-26-21(14)17-7-5-9-19(28-17)23(2,3)18-8-4-6-16(27-18)15-10-11-20(24)29-22(15)25/h4-13,26H,1-3H3. The van der Waals surface area contributed by atoms with Gasteiger partial charge in [0.25, 0.3) is 0 Å². The summed E-state index contributed by atoms with van der Waals surface area (Å²) >= 11 is 0. The maximum Gasteiger partial charge on any atom is 0.224 e. The zero-order valence-electron chi connectivity index (χ0n) is 16.4. The van der Waals surface area contributed by atoms with Crippen LogP contribution in [0.5, 0.6) is 0 Å². The molecule has 1 N–H and O–H groups in total. The van der Waals surface area contributed by atoms with Crippen LogP contribution in [0.3, 0.4) is 0 Å². The van der Waals surface area contributed by atoms with Crippen LogP contribution in [0.1, 0.15) is 30.8 Å². The Balaban J connectivity index is 1.76. The van der Waals surface area contributed by atoms with E-state index in [4.69, 9.17) is 4.98 Å². The normalized spacial score (nSPS) is 11.6. The maximum atomic E-state index is 14.1. The van der Waals surface area contributed by atoms with Crippen LogP contribution in [0.15, 0.2) is 60.8 Å². The Morgan fingerprint density at radius 3 is 2.07 bits per heavy atom. The lowest BCUT2D eigenvalue weighted by molar-refractivity contribution is 0.514. The third kappa shape index (κ3) is 3.53. The first-order valence-corrected chi connectivity index (χ1v) is 9.28. The number of aryl methyl sites for hydroxylation is 1. The Labute approximate surface area is 167 Å². The summed E-state index contributed by atoms with van der Waals surface area (Å²) < 4.78 is 27.3. The van der Waals surface area contributed by atoms with Gasteiger partial charge in [-0.25, -0.2) is 0 Å². The van der Waals surface area contributed by atoms with Gasteiger partial charge in [0.2, 0.25) is 11.9 Å². The Morgan fingerprint density at radius 2 is 1.45 bits per heavy atom. The van der Waals surface area contributed by atoms with E-state index >= 15 is 0 Å². The molecular weight excluding hydrogens is 370 g/mol. The number of pyridine rings is 3. The minimum atomic E-state index is -0.880. The summed E-state index contributed by atoms with van der Waals surface area (Å²) in [5.74, 6) is -1.74. The average molecular weight is 390 g/mol. The number of rotatable bonds is 4. The van der Waals surface area contributed by atoms with Crippen molar-refractivity contribution in [2.24, 2.45) is 0 Å². The molecule has 29 heavy (non-hydrogen) atoms. The number of hydrogen-bond donors (Lipinski definition) is 1. The number of hydrogen-bond acceptors (Lipinski definition) is 3. The number of halogens is 2. The van der Waals surface area contributed by atoms with Gasteiger partial charge in [-0.15, -0.1) is 0 Å². The van der Waals surface area contributed by atoms with Gasteiger partial charge in [-0.3, -0.25) is 9.97 Å². The highest BCUT2D eigenvalue weighted by Crippen LogP contribution is 2.32. The molecule has 0 spiro atoms. The molecule has 0 radical (unpaired) electrons. The summed E-state index contributed by atoms with van der Waals surface area (Å²) in [6.45, 7) is 6.07. The number of aromatic amines is 1. The maximum absolute atomic E-state index is 14.1. The van der Waals surface area contributed by atoms with E-state index < -0.39 is 17.3 Å². The Hall–Kier alpha value is -3.41. The number of H-pyrrole nitrogens is 1. The molecule has 0 amide bonds. The van der Waals surface area contributed by atoms with Gasteiger partial charge in [0.1, 0.15) is 0 Å². The van der Waals surface area contributed by atoms with Crippen molar-refractivity contribution in [1.82, 2.24) is 19.9 Å². The molecule has 0 unspecified atom stereocenters. The summed E-state index contributed by atoms with van der Waals surface area (Å²) in [6, 6.07) is 15.7. The van der Waals surface area contributed by atoms with E-state index in [9.17, 15) is 8.78 Å². The third-order valence-electron chi connectivity index (χ3n) is 5.08. The first-order chi connectivity index (χ1) is 13.9. The van der Waals surface area contributed by atoms with Crippen molar-refractivity contribution in [3.63, 3.8) is 0 Å². The fourth-order valence-corrected chi connectivity index (χ4v) is 3.31. The lowest BCUT2D eigenvalue weighted by Crippen LogP contribution is -2.22. The van der Waals surface area contributed by atoms with Crippen molar-refractivity contribution >= 4 is 0 Å². The number of nitrogens with zero attached hydrogens (tertiary/aromatic N) is 3. The smallest absolute Gasteiger partial charge is 0.224 e. The van der Waals surface area contributed by atoms with E-state index in [2.05, 4.69) is 15.0 Å². The molecule has 4 aromatic heterocycles. The van der Waals surface area contributed by atoms with E-state index in [1.165, 1.54) is 6.07 Å². The quantitative estimate of drug-likeness (QED) is 0.472. The van der Waals surface area contributed by atoms with Crippen molar-refractivity contribution in [1.29, 1.82) is 0 Å². The van der Waals surface area contributed by atoms with E-state index in [0.29, 0.717) is 5.69 Å². The van der Waals surface area contributed by atoms with Crippen LogP contribution < -0.4 is 0 Å². The topological polar surface area (TPSA) is 54.5 Å². The van der Waals surface area contributed by atoms with E-state index in [-0.39, 0.29) is 5.56 Å². The largest absolute Gasteiger partial charge is 0.360 e. The molecule has 0 fully saturated rings. The molecule has 0 aliphatic carbocycles. The molecule has 4 nitrogen and oxygen atoms in total. The van der Waals surface area contributed by atoms with Gasteiger partial charge in [-0.2, -0.15) is 13.8 Å². The summed E-state index contributed by atoms with van der Waals surface area (Å²) in [5.41, 5.74) is 4.54. The van der Waals surface area contributed by atoms with Crippen molar-refractivity contribution in [3.8, 4) is 22.6 Å². The summed E-state index contributed by atoms with van der Waals surface area (Å²) in [5, 5.41) is 0. The second kappa shape index (κ2) is 7.20. The van der Waals surface area contributed by atoms with Crippen molar-refractivity contribution < 1.29 is 8.78 Å². The van der Waals surface area contributed by atoms with Gasteiger partial charge >= 0.3 is 0 Å². The zero-order valence-corrected chi connectivity index (χ0v) is 16.4. The highest BCUT2D eigenvalue weighted by atomic mass is 19.1. The molecule has 4 aromatic rings. The Morgan fingerprint density at radius 1 is 0.793 bits per heavy atom. The average Bonchev–Trinajstić information content (AvgIpc) is 3.14. The van der Waals surface area contributed by atoms with Gasteiger partial charge in [0.15, 0.2) is 0 Å². The molecule has 0 saturated carbocycles. The lowest BCUT2D eigenvalue weighted by atomic mass is 9.84. The lowest BCUT2D eigenvalue weighted by Gasteiger charge is -2.24. The molecule has 0 bridgehead atoms. The molecule has 0 aliphatic heterocycles. The fourth-order valence-electron chi connectivity index (χ4n) is 3.31. The second-order valence-electron chi connectivity index (χ2n) is 7.45. The first-order valence-electron chi connectivity index (χ1n) is 9.28. The molecule has 4 rings (SSSR count). The SMILES string of the molecule is Cc1cc[nH]c1-c1cccc(C(C)(C)c2cccc(-c3ccc(F)nc3F)n2)n1. The minimum Gasteiger partial charge on any atom is -0.360 e. The van der Waals surface area contributed by atoms with Gasteiger partial charge in [-0.1, -0.05) is 12.1 Å². The molecule has 0 aliphatic rings. The molecule has 4 heterocycles. The fraction of sp³-hybridized carbons (Fsp3) is 0.174. The van der Waals surface area contributed by atoms with Crippen molar-refractivity contribution in [2.45, 2.75) is 26.2 Å². The molecule has 146 valence electrons. The number of aromatic nitrogens is 4. The molecule has 0 atom stereocenters. The van der Waals surface area contributed by atoms with Gasteiger partial charge in [0, 0.05) is 11.6 Å². The van der Waals surface area contributed by atoms with Crippen molar-refractivity contribution in [3.05, 3.63) is 89.6 Å². The molecular formula is C23H20F2N4. The predicted molar refractivity (Wildman–Crippen MR) is 108 cm³/mol. The van der Waals surface area contributed by atoms with E-state index in [1.807, 2.05) is 57.3 Å². The monoisotopic (exact) mass is 390 g/mol. The van der Waals surface area contributed by atoms with E-state index in [1.54, 1.807) is 12.1 Å². The summed E-state index contributed by atoms with van der Waals surface area (Å²) in [4.78, 5) is 16.0. The number of nitrogens with one attached hydrogen (secondary N) is 1. The Bertz CT molecular complexity index is 1180. The van der Waals surface area contributed by atoms with Gasteiger partial charge in [-0.05, 0) is 68.8 Å². The van der Waals surface area contributed by atoms with Crippen LogP contribution in [0.25, 0.3) is 22.6 Å². The van der Waals surface area contributed by atoms with E-state index in [0.717, 1.165) is 34.4 Å². The zero-order chi connectivity index (χ0) is 20.6. The van der Waals surface area contributed by atoms with Crippen LogP contribution in [-0.4, -0.2) is 19.9 Å². The van der Waals surface area contributed by atoms with Crippen molar-refractivity contribution in [2.75, 3.05) is 0 Å². The highest BCUT2D eigenvalue weighted by molar-refractivity contribution is 5.60.